The molecule has 0 radical (unpaired) electrons. The first-order valence-corrected chi connectivity index (χ1v) is 5.90. The van der Waals surface area contributed by atoms with Crippen molar-refractivity contribution in [2.45, 2.75) is 46.5 Å². The Morgan fingerprint density at radius 2 is 1.86 bits per heavy atom. The van der Waals surface area contributed by atoms with E-state index < -0.39 is 0 Å². The first-order chi connectivity index (χ1) is 6.79. The standard InChI is InChI=1S/C13H23N/c1-4-10-14(11-5-2)13-9-7-6-8-12(13)3/h7,9H,4-6,8,10-11H2,1-3H3. The first kappa shape index (κ1) is 11.4. The van der Waals surface area contributed by atoms with Crippen molar-refractivity contribution < 1.29 is 0 Å². The first-order valence-electron chi connectivity index (χ1n) is 5.90. The van der Waals surface area contributed by atoms with Crippen LogP contribution in [0.15, 0.2) is 23.4 Å². The summed E-state index contributed by atoms with van der Waals surface area (Å²) in [6.45, 7) is 9.18. The minimum atomic E-state index is 1.20. The summed E-state index contributed by atoms with van der Waals surface area (Å²) in [4.78, 5) is 2.53. The lowest BCUT2D eigenvalue weighted by atomic mass is 10.0. The van der Waals surface area contributed by atoms with E-state index in [2.05, 4.69) is 37.8 Å². The zero-order valence-corrected chi connectivity index (χ0v) is 9.84. The molecular weight excluding hydrogens is 170 g/mol. The average Bonchev–Trinajstić information content (AvgIpc) is 2.18. The van der Waals surface area contributed by atoms with Crippen LogP contribution in [0.3, 0.4) is 0 Å². The fourth-order valence-corrected chi connectivity index (χ4v) is 2.03. The molecule has 0 unspecified atom stereocenters. The Morgan fingerprint density at radius 3 is 2.36 bits per heavy atom. The van der Waals surface area contributed by atoms with Crippen LogP contribution in [0.2, 0.25) is 0 Å². The van der Waals surface area contributed by atoms with Gasteiger partial charge in [-0.3, -0.25) is 0 Å². The summed E-state index contributed by atoms with van der Waals surface area (Å²) >= 11 is 0. The molecule has 0 saturated carbocycles. The smallest absolute Gasteiger partial charge is 0.0352 e. The van der Waals surface area contributed by atoms with Crippen LogP contribution in [-0.4, -0.2) is 18.0 Å². The van der Waals surface area contributed by atoms with Gasteiger partial charge in [0.1, 0.15) is 0 Å². The highest BCUT2D eigenvalue weighted by Gasteiger charge is 2.10. The lowest BCUT2D eigenvalue weighted by Crippen LogP contribution is -2.25. The van der Waals surface area contributed by atoms with Gasteiger partial charge in [0.05, 0.1) is 0 Å². The third kappa shape index (κ3) is 2.90. The second-order valence-corrected chi connectivity index (χ2v) is 4.09. The molecular formula is C13H23N. The van der Waals surface area contributed by atoms with Crippen LogP contribution in [-0.2, 0) is 0 Å². The van der Waals surface area contributed by atoms with Gasteiger partial charge in [-0.2, -0.15) is 0 Å². The average molecular weight is 193 g/mol. The van der Waals surface area contributed by atoms with E-state index in [0.717, 1.165) is 0 Å². The molecule has 14 heavy (non-hydrogen) atoms. The highest BCUT2D eigenvalue weighted by molar-refractivity contribution is 5.27. The number of rotatable bonds is 5. The van der Waals surface area contributed by atoms with Crippen LogP contribution >= 0.6 is 0 Å². The lowest BCUT2D eigenvalue weighted by Gasteiger charge is -2.28. The van der Waals surface area contributed by atoms with Crippen LogP contribution < -0.4 is 0 Å². The van der Waals surface area contributed by atoms with Crippen LogP contribution in [0.1, 0.15) is 46.5 Å². The fraction of sp³-hybridized carbons (Fsp3) is 0.692. The van der Waals surface area contributed by atoms with Crippen molar-refractivity contribution in [3.63, 3.8) is 0 Å². The Balaban J connectivity index is 2.70. The summed E-state index contributed by atoms with van der Waals surface area (Å²) in [5, 5.41) is 0. The fourth-order valence-electron chi connectivity index (χ4n) is 2.03. The van der Waals surface area contributed by atoms with Crippen LogP contribution in [0.5, 0.6) is 0 Å². The van der Waals surface area contributed by atoms with E-state index >= 15 is 0 Å². The molecule has 0 aromatic rings. The van der Waals surface area contributed by atoms with Gasteiger partial charge in [0.25, 0.3) is 0 Å². The largest absolute Gasteiger partial charge is 0.372 e. The van der Waals surface area contributed by atoms with Crippen molar-refractivity contribution in [3.05, 3.63) is 23.4 Å². The van der Waals surface area contributed by atoms with Crippen LogP contribution in [0.25, 0.3) is 0 Å². The third-order valence-electron chi connectivity index (χ3n) is 2.73. The quantitative estimate of drug-likeness (QED) is 0.643. The van der Waals surface area contributed by atoms with Gasteiger partial charge in [-0.25, -0.2) is 0 Å². The van der Waals surface area contributed by atoms with Gasteiger partial charge in [0.2, 0.25) is 0 Å². The molecule has 0 heterocycles. The van der Waals surface area contributed by atoms with Gasteiger partial charge in [0.15, 0.2) is 0 Å². The molecule has 1 aliphatic rings. The summed E-state index contributed by atoms with van der Waals surface area (Å²) in [7, 11) is 0. The number of allylic oxidation sites excluding steroid dienone is 3. The third-order valence-corrected chi connectivity index (χ3v) is 2.73. The maximum Gasteiger partial charge on any atom is 0.0352 e. The summed E-state index contributed by atoms with van der Waals surface area (Å²) in [6, 6.07) is 0. The molecule has 0 aliphatic heterocycles. The molecule has 0 bridgehead atoms. The molecule has 0 aromatic carbocycles. The Labute approximate surface area is 88.5 Å². The Kier molecular flexibility index (Phi) is 4.78. The van der Waals surface area contributed by atoms with Crippen LogP contribution in [0.4, 0.5) is 0 Å². The van der Waals surface area contributed by atoms with Crippen LogP contribution in [0, 0.1) is 0 Å². The number of hydrogen-bond donors (Lipinski definition) is 0. The number of nitrogens with zero attached hydrogens (tertiary/aromatic N) is 1. The molecule has 0 amide bonds. The van der Waals surface area contributed by atoms with Crippen molar-refractivity contribution in [2.75, 3.05) is 13.1 Å². The summed E-state index contributed by atoms with van der Waals surface area (Å²) in [5.74, 6) is 0. The Morgan fingerprint density at radius 1 is 1.21 bits per heavy atom. The van der Waals surface area contributed by atoms with Crippen molar-refractivity contribution in [3.8, 4) is 0 Å². The van der Waals surface area contributed by atoms with E-state index in [9.17, 15) is 0 Å². The predicted octanol–water partition coefficient (Wildman–Crippen LogP) is 3.73. The van der Waals surface area contributed by atoms with Crippen molar-refractivity contribution in [1.29, 1.82) is 0 Å². The number of hydrogen-bond acceptors (Lipinski definition) is 1. The molecule has 0 spiro atoms. The molecule has 1 aliphatic carbocycles. The van der Waals surface area contributed by atoms with Gasteiger partial charge < -0.3 is 4.90 Å². The van der Waals surface area contributed by atoms with E-state index in [1.807, 2.05) is 0 Å². The normalized spacial score (nSPS) is 16.2. The second-order valence-electron chi connectivity index (χ2n) is 4.09. The molecule has 0 saturated heterocycles. The van der Waals surface area contributed by atoms with E-state index in [-0.39, 0.29) is 0 Å². The van der Waals surface area contributed by atoms with Crippen molar-refractivity contribution in [2.24, 2.45) is 0 Å². The van der Waals surface area contributed by atoms with Gasteiger partial charge in [-0.1, -0.05) is 19.9 Å². The van der Waals surface area contributed by atoms with E-state index in [0.29, 0.717) is 0 Å². The lowest BCUT2D eigenvalue weighted by molar-refractivity contribution is 0.349. The van der Waals surface area contributed by atoms with Gasteiger partial charge in [-0.05, 0) is 44.3 Å². The second kappa shape index (κ2) is 5.90. The zero-order valence-electron chi connectivity index (χ0n) is 9.84. The minimum Gasteiger partial charge on any atom is -0.372 e. The maximum atomic E-state index is 2.53. The van der Waals surface area contributed by atoms with Gasteiger partial charge in [-0.15, -0.1) is 0 Å². The highest BCUT2D eigenvalue weighted by Crippen LogP contribution is 2.21. The Bertz CT molecular complexity index is 219. The molecule has 1 nitrogen and oxygen atoms in total. The molecule has 0 fully saturated rings. The van der Waals surface area contributed by atoms with Gasteiger partial charge >= 0.3 is 0 Å². The van der Waals surface area contributed by atoms with E-state index in [4.69, 9.17) is 0 Å². The van der Waals surface area contributed by atoms with Gasteiger partial charge in [0, 0.05) is 18.8 Å². The zero-order chi connectivity index (χ0) is 10.4. The van der Waals surface area contributed by atoms with Crippen molar-refractivity contribution in [1.82, 2.24) is 4.90 Å². The Hall–Kier alpha value is -0.720. The molecule has 0 aromatic heterocycles. The molecule has 1 rings (SSSR count). The summed E-state index contributed by atoms with van der Waals surface area (Å²) < 4.78 is 0. The minimum absolute atomic E-state index is 1.20. The van der Waals surface area contributed by atoms with E-state index in [1.165, 1.54) is 44.5 Å². The SMILES string of the molecule is CCCN(CCC)C1=C(C)CCC=C1. The predicted molar refractivity (Wildman–Crippen MR) is 63.2 cm³/mol. The summed E-state index contributed by atoms with van der Waals surface area (Å²) in [6.07, 6.45) is 9.57. The molecule has 1 heteroatoms. The molecule has 0 atom stereocenters. The summed E-state index contributed by atoms with van der Waals surface area (Å²) in [5.41, 5.74) is 3.05. The monoisotopic (exact) mass is 193 g/mol. The molecule has 0 N–H and O–H groups in total. The molecule has 80 valence electrons. The van der Waals surface area contributed by atoms with E-state index in [1.54, 1.807) is 5.57 Å². The topological polar surface area (TPSA) is 3.24 Å². The van der Waals surface area contributed by atoms with Crippen molar-refractivity contribution >= 4 is 0 Å². The highest BCUT2D eigenvalue weighted by atomic mass is 15.1. The maximum absolute atomic E-state index is 2.53.